The van der Waals surface area contributed by atoms with Gasteiger partial charge in [0.15, 0.2) is 69.8 Å². The molecule has 0 radical (unpaired) electrons. The van der Waals surface area contributed by atoms with E-state index in [4.69, 9.17) is 0 Å². The van der Waals surface area contributed by atoms with Gasteiger partial charge < -0.3 is 0 Å². The Labute approximate surface area is 261 Å². The molecule has 46 heavy (non-hydrogen) atoms. The Morgan fingerprint density at radius 1 is 0.174 bits per heavy atom. The minimum atomic E-state index is -7.22. The number of halogens is 20. The molecule has 0 aromatic heterocycles. The fourth-order valence-electron chi connectivity index (χ4n) is 4.87. The van der Waals surface area contributed by atoms with Crippen LogP contribution in [-0.2, 0) is 0 Å². The zero-order valence-corrected chi connectivity index (χ0v) is 23.1. The number of hydrogen-bond donors (Lipinski definition) is 0. The summed E-state index contributed by atoms with van der Waals surface area (Å²) in [6.07, 6.45) is -7.22. The molecule has 0 N–H and O–H groups in total. The molecule has 4 aromatic carbocycles. The summed E-state index contributed by atoms with van der Waals surface area (Å²) in [6, 6.07) is 0. The summed E-state index contributed by atoms with van der Waals surface area (Å²) >= 11 is 0. The average molecular weight is 702 g/mol. The molecule has 0 heterocycles. The smallest absolute Gasteiger partial charge is 0.207 e. The monoisotopic (exact) mass is 702 g/mol. The first-order chi connectivity index (χ1) is 20.7. The van der Waals surface area contributed by atoms with Gasteiger partial charge in [-0.1, -0.05) is 0 Å². The minimum absolute atomic E-state index is 0. The van der Waals surface area contributed by atoms with Crippen molar-refractivity contribution in [1.29, 1.82) is 0 Å². The van der Waals surface area contributed by atoms with Gasteiger partial charge in [-0.2, -0.15) is 0 Å². The molecule has 0 unspecified atom stereocenters. The summed E-state index contributed by atoms with van der Waals surface area (Å²) in [5.74, 6) is -71.4. The molecule has 0 nitrogen and oxygen atoms in total. The maximum Gasteiger partial charge on any atom is 1.00 e. The van der Waals surface area contributed by atoms with E-state index in [0.29, 0.717) is 0 Å². The molecule has 0 bridgehead atoms. The normalized spacial score (nSPS) is 11.7. The van der Waals surface area contributed by atoms with Gasteiger partial charge in [-0.05, 0) is 0 Å². The van der Waals surface area contributed by atoms with Crippen molar-refractivity contribution in [3.8, 4) is 0 Å². The van der Waals surface area contributed by atoms with Gasteiger partial charge >= 0.3 is 29.6 Å². The molecule has 4 aromatic rings. The second kappa shape index (κ2) is 12.3. The van der Waals surface area contributed by atoms with Gasteiger partial charge in [0.1, 0.15) is 52.7 Å². The van der Waals surface area contributed by atoms with E-state index in [2.05, 4.69) is 0 Å². The van der Waals surface area contributed by atoms with Gasteiger partial charge in [-0.15, -0.1) is 21.9 Å². The molecule has 0 atom stereocenters. The van der Waals surface area contributed by atoms with Crippen molar-refractivity contribution in [3.63, 3.8) is 0 Å². The fraction of sp³-hybridized carbons (Fsp3) is 0. The molecule has 0 spiro atoms. The van der Waals surface area contributed by atoms with E-state index >= 15 is 35.1 Å². The second-order valence-electron chi connectivity index (χ2n) is 8.80. The van der Waals surface area contributed by atoms with Crippen LogP contribution in [0.15, 0.2) is 0 Å². The van der Waals surface area contributed by atoms with Crippen LogP contribution < -0.4 is 51.4 Å². The standard InChI is InChI=1S/C24BF20.Na/c26-5-1(6(27)14(35)21(42)13(5)34)25(2-7(28)15(36)22(43)16(37)8(2)29,3-9(30)17(38)23(44)18(39)10(3)31)4-11(32)19(40)24(45)20(41)12(4)33;/q-1;+1. The third kappa shape index (κ3) is 4.67. The Hall–Kier alpha value is -3.46. The van der Waals surface area contributed by atoms with Crippen LogP contribution in [0.5, 0.6) is 0 Å². The van der Waals surface area contributed by atoms with Crippen LogP contribution in [0.25, 0.3) is 0 Å². The van der Waals surface area contributed by atoms with Gasteiger partial charge in [0.25, 0.3) is 0 Å². The predicted octanol–water partition coefficient (Wildman–Crippen LogP) is 2.85. The second-order valence-corrected chi connectivity index (χ2v) is 8.80. The van der Waals surface area contributed by atoms with E-state index in [1.165, 1.54) is 0 Å². The van der Waals surface area contributed by atoms with E-state index in [-0.39, 0.29) is 29.6 Å². The van der Waals surface area contributed by atoms with Gasteiger partial charge in [0.2, 0.25) is 0 Å². The number of hydrogen-bond acceptors (Lipinski definition) is 0. The van der Waals surface area contributed by atoms with Crippen LogP contribution in [-0.4, -0.2) is 6.15 Å². The van der Waals surface area contributed by atoms with Crippen molar-refractivity contribution >= 4 is 28.0 Å². The quantitative estimate of drug-likeness (QED) is 0.133. The topological polar surface area (TPSA) is 0 Å². The van der Waals surface area contributed by atoms with Gasteiger partial charge in [-0.3, -0.25) is 0 Å². The largest absolute Gasteiger partial charge is 1.00 e. The molecule has 0 amide bonds. The number of benzene rings is 4. The average Bonchev–Trinajstić information content (AvgIpc) is 3.00. The summed E-state index contributed by atoms with van der Waals surface area (Å²) in [4.78, 5) is 0. The Morgan fingerprint density at radius 2 is 0.261 bits per heavy atom. The molecule has 0 aliphatic carbocycles. The summed E-state index contributed by atoms with van der Waals surface area (Å²) < 4.78 is 294. The van der Waals surface area contributed by atoms with Crippen molar-refractivity contribution in [3.05, 3.63) is 116 Å². The van der Waals surface area contributed by atoms with Crippen molar-refractivity contribution < 1.29 is 117 Å². The van der Waals surface area contributed by atoms with E-state index in [9.17, 15) is 52.7 Å². The number of rotatable bonds is 4. The molecule has 4 rings (SSSR count). The molecule has 240 valence electrons. The van der Waals surface area contributed by atoms with E-state index < -0.39 is 144 Å². The van der Waals surface area contributed by atoms with E-state index in [1.54, 1.807) is 0 Å². The van der Waals surface area contributed by atoms with Crippen LogP contribution in [0, 0.1) is 116 Å². The Morgan fingerprint density at radius 3 is 0.370 bits per heavy atom. The molecular formula is C24BF20Na. The zero-order valence-electron chi connectivity index (χ0n) is 21.1. The van der Waals surface area contributed by atoms with E-state index in [1.807, 2.05) is 0 Å². The van der Waals surface area contributed by atoms with Crippen molar-refractivity contribution in [2.45, 2.75) is 0 Å². The maximum atomic E-state index is 15.4. The van der Waals surface area contributed by atoms with Crippen LogP contribution >= 0.6 is 0 Å². The molecule has 0 aliphatic rings. The first-order valence-corrected chi connectivity index (χ1v) is 10.9. The third-order valence-electron chi connectivity index (χ3n) is 6.71. The summed E-state index contributed by atoms with van der Waals surface area (Å²) in [5.41, 5.74) is -14.3. The van der Waals surface area contributed by atoms with Gasteiger partial charge in [-0.25, -0.2) is 87.8 Å². The first kappa shape index (κ1) is 37.0. The fourth-order valence-corrected chi connectivity index (χ4v) is 4.87. The molecule has 0 saturated heterocycles. The summed E-state index contributed by atoms with van der Waals surface area (Å²) in [6.45, 7) is 0. The van der Waals surface area contributed by atoms with E-state index in [0.717, 1.165) is 0 Å². The van der Waals surface area contributed by atoms with Crippen molar-refractivity contribution in [1.82, 2.24) is 0 Å². The summed E-state index contributed by atoms with van der Waals surface area (Å²) in [7, 11) is 0. The van der Waals surface area contributed by atoms with Crippen molar-refractivity contribution in [2.75, 3.05) is 0 Å². The van der Waals surface area contributed by atoms with Crippen molar-refractivity contribution in [2.24, 2.45) is 0 Å². The van der Waals surface area contributed by atoms with Crippen LogP contribution in [0.3, 0.4) is 0 Å². The Kier molecular flexibility index (Phi) is 9.89. The maximum absolute atomic E-state index is 15.4. The predicted molar refractivity (Wildman–Crippen MR) is 109 cm³/mol. The molecule has 22 heteroatoms. The molecular weight excluding hydrogens is 702 g/mol. The molecule has 0 saturated carbocycles. The molecule has 0 fully saturated rings. The van der Waals surface area contributed by atoms with Gasteiger partial charge in [0, 0.05) is 0 Å². The van der Waals surface area contributed by atoms with Crippen LogP contribution in [0.2, 0.25) is 0 Å². The zero-order chi connectivity index (χ0) is 34.4. The van der Waals surface area contributed by atoms with Gasteiger partial charge in [0.05, 0.1) is 0 Å². The first-order valence-electron chi connectivity index (χ1n) is 10.9. The Bertz CT molecular complexity index is 1580. The van der Waals surface area contributed by atoms with Crippen LogP contribution in [0.4, 0.5) is 87.8 Å². The minimum Gasteiger partial charge on any atom is -0.207 e. The van der Waals surface area contributed by atoms with Crippen LogP contribution in [0.1, 0.15) is 0 Å². The molecule has 0 aliphatic heterocycles. The SMILES string of the molecule is Fc1c(F)c(F)c([B-](c2c(F)c(F)c(F)c(F)c2F)(c2c(F)c(F)c(F)c(F)c2F)c2c(F)c(F)c(F)c(F)c2F)c(F)c1F.[Na+]. The Balaban J connectivity index is 0.00000576. The summed E-state index contributed by atoms with van der Waals surface area (Å²) in [5, 5.41) is 0. The third-order valence-corrected chi connectivity index (χ3v) is 6.71.